The molecule has 0 saturated heterocycles. The van der Waals surface area contributed by atoms with Gasteiger partial charge in [-0.1, -0.05) is 30.3 Å². The van der Waals surface area contributed by atoms with Crippen molar-refractivity contribution in [2.45, 2.75) is 20.4 Å². The Balaban J connectivity index is 0.00000312. The first-order chi connectivity index (χ1) is 11.7. The fourth-order valence-electron chi connectivity index (χ4n) is 2.05. The highest BCUT2D eigenvalue weighted by Gasteiger charge is 2.10. The van der Waals surface area contributed by atoms with Gasteiger partial charge in [0.15, 0.2) is 5.96 Å². The molecule has 1 heterocycles. The molecule has 0 aliphatic rings. The van der Waals surface area contributed by atoms with Crippen LogP contribution in [0.4, 0.5) is 0 Å². The molecule has 1 aromatic carbocycles. The molecule has 2 rings (SSSR count). The molecule has 0 radical (unpaired) electrons. The number of nitrogens with zero attached hydrogens (tertiary/aromatic N) is 2. The van der Waals surface area contributed by atoms with Gasteiger partial charge in [-0.05, 0) is 19.4 Å². The van der Waals surface area contributed by atoms with Crippen LogP contribution >= 0.6 is 35.3 Å². The molecule has 3 N–H and O–H groups in total. The minimum absolute atomic E-state index is 0. The summed E-state index contributed by atoms with van der Waals surface area (Å²) in [5.74, 6) is 0.660. The molecule has 0 fully saturated rings. The standard InChI is InChI=1S/C17H23N5OS.HI/c1-3-18-17(21-11-14-7-5-4-6-8-14)20-10-9-19-16(23)15-13(2)22-12-24-15;/h4-8,12H,3,9-11H2,1-2H3,(H,19,23)(H2,18,20,21);1H. The summed E-state index contributed by atoms with van der Waals surface area (Å²) < 4.78 is 0. The average Bonchev–Trinajstić information content (AvgIpc) is 3.03. The van der Waals surface area contributed by atoms with Crippen molar-refractivity contribution in [1.29, 1.82) is 0 Å². The third kappa shape index (κ3) is 7.39. The van der Waals surface area contributed by atoms with E-state index >= 15 is 0 Å². The summed E-state index contributed by atoms with van der Waals surface area (Å²) >= 11 is 1.36. The van der Waals surface area contributed by atoms with Crippen molar-refractivity contribution >= 4 is 47.2 Å². The van der Waals surface area contributed by atoms with Gasteiger partial charge in [0.1, 0.15) is 4.88 Å². The number of aliphatic imine (C=N–C) groups is 1. The van der Waals surface area contributed by atoms with Gasteiger partial charge in [-0.3, -0.25) is 4.79 Å². The predicted octanol–water partition coefficient (Wildman–Crippen LogP) is 2.55. The quantitative estimate of drug-likeness (QED) is 0.250. The molecule has 0 aliphatic heterocycles. The Bertz CT molecular complexity index is 675. The molecule has 1 amide bonds. The number of carbonyl (C=O) groups excluding carboxylic acids is 1. The first-order valence-corrected chi connectivity index (χ1v) is 8.83. The molecule has 0 unspecified atom stereocenters. The van der Waals surface area contributed by atoms with Crippen LogP contribution in [0.3, 0.4) is 0 Å². The highest BCUT2D eigenvalue weighted by molar-refractivity contribution is 14.0. The lowest BCUT2D eigenvalue weighted by atomic mass is 10.2. The van der Waals surface area contributed by atoms with Gasteiger partial charge in [0.25, 0.3) is 5.91 Å². The Morgan fingerprint density at radius 2 is 1.88 bits per heavy atom. The van der Waals surface area contributed by atoms with Crippen LogP contribution in [0.1, 0.15) is 27.9 Å². The van der Waals surface area contributed by atoms with Crippen molar-refractivity contribution in [3.63, 3.8) is 0 Å². The monoisotopic (exact) mass is 473 g/mol. The van der Waals surface area contributed by atoms with Gasteiger partial charge in [0.05, 0.1) is 17.7 Å². The van der Waals surface area contributed by atoms with Crippen LogP contribution in [0.2, 0.25) is 0 Å². The number of halogens is 1. The van der Waals surface area contributed by atoms with E-state index in [1.165, 1.54) is 11.3 Å². The molecule has 0 atom stereocenters. The third-order valence-electron chi connectivity index (χ3n) is 3.26. The van der Waals surface area contributed by atoms with Crippen LogP contribution in [0, 0.1) is 6.92 Å². The molecule has 8 heteroatoms. The SMILES string of the molecule is CCNC(=NCc1ccccc1)NCCNC(=O)c1scnc1C.I. The lowest BCUT2D eigenvalue weighted by Gasteiger charge is -2.11. The number of aryl methyl sites for hydroxylation is 1. The minimum Gasteiger partial charge on any atom is -0.357 e. The number of aromatic nitrogens is 1. The van der Waals surface area contributed by atoms with E-state index in [9.17, 15) is 4.79 Å². The number of amides is 1. The summed E-state index contributed by atoms with van der Waals surface area (Å²) in [6, 6.07) is 10.1. The second-order valence-electron chi connectivity index (χ2n) is 5.13. The van der Waals surface area contributed by atoms with Crippen molar-refractivity contribution < 1.29 is 4.79 Å². The van der Waals surface area contributed by atoms with Crippen molar-refractivity contribution in [3.8, 4) is 0 Å². The number of nitrogens with one attached hydrogen (secondary N) is 3. The summed E-state index contributed by atoms with van der Waals surface area (Å²) in [5, 5.41) is 9.30. The molecular formula is C17H24IN5OS. The molecule has 136 valence electrons. The Hall–Kier alpha value is -1.68. The zero-order valence-electron chi connectivity index (χ0n) is 14.4. The molecule has 6 nitrogen and oxygen atoms in total. The zero-order chi connectivity index (χ0) is 17.2. The van der Waals surface area contributed by atoms with Gasteiger partial charge in [0, 0.05) is 19.6 Å². The maximum absolute atomic E-state index is 12.0. The van der Waals surface area contributed by atoms with Gasteiger partial charge in [-0.25, -0.2) is 9.98 Å². The Morgan fingerprint density at radius 3 is 2.52 bits per heavy atom. The van der Waals surface area contributed by atoms with Crippen LogP contribution in [0.25, 0.3) is 0 Å². The van der Waals surface area contributed by atoms with E-state index in [4.69, 9.17) is 0 Å². The summed E-state index contributed by atoms with van der Waals surface area (Å²) in [5.41, 5.74) is 3.61. The maximum atomic E-state index is 12.0. The summed E-state index contributed by atoms with van der Waals surface area (Å²) in [6.45, 7) is 6.38. The van der Waals surface area contributed by atoms with Crippen molar-refractivity contribution in [1.82, 2.24) is 20.9 Å². The predicted molar refractivity (Wildman–Crippen MR) is 114 cm³/mol. The molecule has 0 bridgehead atoms. The summed E-state index contributed by atoms with van der Waals surface area (Å²) in [4.78, 5) is 21.3. The molecule has 0 aliphatic carbocycles. The van der Waals surface area contributed by atoms with E-state index in [1.54, 1.807) is 5.51 Å². The topological polar surface area (TPSA) is 78.4 Å². The molecular weight excluding hydrogens is 449 g/mol. The van der Waals surface area contributed by atoms with E-state index < -0.39 is 0 Å². The summed E-state index contributed by atoms with van der Waals surface area (Å²) in [6.07, 6.45) is 0. The van der Waals surface area contributed by atoms with Crippen molar-refractivity contribution in [3.05, 3.63) is 52.0 Å². The normalized spacial score (nSPS) is 10.7. The highest BCUT2D eigenvalue weighted by atomic mass is 127. The fraction of sp³-hybridized carbons (Fsp3) is 0.353. The van der Waals surface area contributed by atoms with E-state index in [1.807, 2.05) is 44.2 Å². The maximum Gasteiger partial charge on any atom is 0.263 e. The number of rotatable bonds is 7. The smallest absolute Gasteiger partial charge is 0.263 e. The number of hydrogen-bond acceptors (Lipinski definition) is 4. The lowest BCUT2D eigenvalue weighted by Crippen LogP contribution is -2.41. The molecule has 1 aromatic heterocycles. The first-order valence-electron chi connectivity index (χ1n) is 7.95. The first kappa shape index (κ1) is 21.4. The van der Waals surface area contributed by atoms with Crippen LogP contribution in [-0.4, -0.2) is 36.5 Å². The molecule has 0 spiro atoms. The Kier molecular flexibility index (Phi) is 10.1. The highest BCUT2D eigenvalue weighted by Crippen LogP contribution is 2.11. The number of benzene rings is 1. The van der Waals surface area contributed by atoms with E-state index in [0.29, 0.717) is 24.5 Å². The minimum atomic E-state index is -0.0805. The Morgan fingerprint density at radius 1 is 1.16 bits per heavy atom. The number of hydrogen-bond donors (Lipinski definition) is 3. The summed E-state index contributed by atoms with van der Waals surface area (Å²) in [7, 11) is 0. The van der Waals surface area contributed by atoms with E-state index in [-0.39, 0.29) is 29.9 Å². The van der Waals surface area contributed by atoms with Crippen LogP contribution in [-0.2, 0) is 6.54 Å². The molecule has 2 aromatic rings. The Labute approximate surface area is 169 Å². The van der Waals surface area contributed by atoms with Gasteiger partial charge >= 0.3 is 0 Å². The largest absolute Gasteiger partial charge is 0.357 e. The molecule has 0 saturated carbocycles. The van der Waals surface area contributed by atoms with Crippen molar-refractivity contribution in [2.75, 3.05) is 19.6 Å². The lowest BCUT2D eigenvalue weighted by molar-refractivity contribution is 0.0957. The average molecular weight is 473 g/mol. The second kappa shape index (κ2) is 11.8. The number of carbonyl (C=O) groups is 1. The number of thiazole rings is 1. The van der Waals surface area contributed by atoms with Gasteiger partial charge in [-0.15, -0.1) is 35.3 Å². The zero-order valence-corrected chi connectivity index (χ0v) is 17.6. The van der Waals surface area contributed by atoms with Gasteiger partial charge < -0.3 is 16.0 Å². The second-order valence-corrected chi connectivity index (χ2v) is 5.99. The van der Waals surface area contributed by atoms with Crippen LogP contribution in [0.15, 0.2) is 40.8 Å². The van der Waals surface area contributed by atoms with Crippen molar-refractivity contribution in [2.24, 2.45) is 4.99 Å². The van der Waals surface area contributed by atoms with Gasteiger partial charge in [-0.2, -0.15) is 0 Å². The van der Waals surface area contributed by atoms with Crippen LogP contribution < -0.4 is 16.0 Å². The fourth-order valence-corrected chi connectivity index (χ4v) is 2.77. The van der Waals surface area contributed by atoms with E-state index in [2.05, 4.69) is 25.9 Å². The third-order valence-corrected chi connectivity index (χ3v) is 4.19. The molecule has 25 heavy (non-hydrogen) atoms. The van der Waals surface area contributed by atoms with E-state index in [0.717, 1.165) is 23.8 Å². The van der Waals surface area contributed by atoms with Crippen LogP contribution in [0.5, 0.6) is 0 Å². The van der Waals surface area contributed by atoms with Gasteiger partial charge in [0.2, 0.25) is 0 Å². The number of guanidine groups is 1.